The van der Waals surface area contributed by atoms with Crippen molar-refractivity contribution in [1.82, 2.24) is 4.98 Å². The molecule has 0 saturated heterocycles. The van der Waals surface area contributed by atoms with Crippen molar-refractivity contribution in [2.45, 2.75) is 0 Å². The molecule has 0 unspecified atom stereocenters. The van der Waals surface area contributed by atoms with Crippen LogP contribution in [0.15, 0.2) is 48.5 Å². The lowest BCUT2D eigenvalue weighted by Gasteiger charge is -2.00. The third kappa shape index (κ3) is 1.66. The van der Waals surface area contributed by atoms with Crippen molar-refractivity contribution in [3.63, 3.8) is 0 Å². The first kappa shape index (κ1) is 11.1. The van der Waals surface area contributed by atoms with Gasteiger partial charge in [-0.25, -0.2) is 0 Å². The Morgan fingerprint density at radius 3 is 2.32 bits per heavy atom. The van der Waals surface area contributed by atoms with E-state index >= 15 is 0 Å². The van der Waals surface area contributed by atoms with Crippen molar-refractivity contribution in [2.75, 3.05) is 0 Å². The molecule has 0 aliphatic rings. The van der Waals surface area contributed by atoms with E-state index in [9.17, 15) is 5.26 Å². The minimum absolute atomic E-state index is 0.490. The number of rotatable bonds is 1. The molecule has 1 aromatic heterocycles. The molecule has 2 aromatic carbocycles. The molecule has 1 N–H and O–H groups in total. The smallest absolute Gasteiger partial charge is 0.126 e. The van der Waals surface area contributed by atoms with Crippen LogP contribution >= 0.6 is 0 Å². The van der Waals surface area contributed by atoms with Crippen LogP contribution in [0.1, 0.15) is 11.3 Å². The minimum atomic E-state index is 0.490. The lowest BCUT2D eigenvalue weighted by Crippen LogP contribution is -1.79. The van der Waals surface area contributed by atoms with E-state index in [2.05, 4.69) is 17.1 Å². The molecule has 0 saturated carbocycles. The second-order valence-corrected chi connectivity index (χ2v) is 4.19. The largest absolute Gasteiger partial charge is 0.345 e. The molecular formula is C16H9N3. The monoisotopic (exact) mass is 243 g/mol. The molecule has 0 aliphatic carbocycles. The van der Waals surface area contributed by atoms with E-state index in [1.807, 2.05) is 42.5 Å². The number of hydrogen-bond acceptors (Lipinski definition) is 2. The van der Waals surface area contributed by atoms with E-state index in [0.717, 1.165) is 22.0 Å². The number of aromatic nitrogens is 1. The third-order valence-corrected chi connectivity index (χ3v) is 3.13. The molecule has 3 rings (SSSR count). The zero-order valence-corrected chi connectivity index (χ0v) is 10.0. The number of nitriles is 2. The summed E-state index contributed by atoms with van der Waals surface area (Å²) in [6.07, 6.45) is 0. The van der Waals surface area contributed by atoms with Crippen LogP contribution in [0.3, 0.4) is 0 Å². The van der Waals surface area contributed by atoms with Crippen molar-refractivity contribution in [2.24, 2.45) is 0 Å². The summed E-state index contributed by atoms with van der Waals surface area (Å²) in [5, 5.41) is 19.3. The van der Waals surface area contributed by atoms with Crippen LogP contribution in [0.2, 0.25) is 0 Å². The van der Waals surface area contributed by atoms with E-state index in [4.69, 9.17) is 5.26 Å². The van der Waals surface area contributed by atoms with Gasteiger partial charge in [0.1, 0.15) is 17.8 Å². The predicted octanol–water partition coefficient (Wildman–Crippen LogP) is 3.58. The van der Waals surface area contributed by atoms with Crippen LogP contribution in [0.4, 0.5) is 0 Å². The molecule has 0 spiro atoms. The Labute approximate surface area is 110 Å². The molecule has 88 valence electrons. The number of hydrogen-bond donors (Lipinski definition) is 1. The molecule has 3 heteroatoms. The van der Waals surface area contributed by atoms with Crippen LogP contribution < -0.4 is 0 Å². The SMILES string of the molecule is N#Cc1[nH]c2c(C#N)cccc2c1-c1ccccc1. The molecule has 0 atom stereocenters. The predicted molar refractivity (Wildman–Crippen MR) is 73.2 cm³/mol. The number of para-hydroxylation sites is 1. The van der Waals surface area contributed by atoms with Crippen molar-refractivity contribution < 1.29 is 0 Å². The van der Waals surface area contributed by atoms with E-state index < -0.39 is 0 Å². The fourth-order valence-electron chi connectivity index (χ4n) is 2.30. The number of fused-ring (bicyclic) bond motifs is 1. The van der Waals surface area contributed by atoms with Gasteiger partial charge in [0.15, 0.2) is 0 Å². The summed E-state index contributed by atoms with van der Waals surface area (Å²) in [6, 6.07) is 19.5. The Kier molecular flexibility index (Phi) is 2.52. The standard InChI is InChI=1S/C16H9N3/c17-9-12-7-4-8-13-15(11-5-2-1-3-6-11)14(10-18)19-16(12)13/h1-8,19H. The summed E-state index contributed by atoms with van der Waals surface area (Å²) >= 11 is 0. The molecule has 19 heavy (non-hydrogen) atoms. The molecule has 3 nitrogen and oxygen atoms in total. The van der Waals surface area contributed by atoms with Gasteiger partial charge in [-0.2, -0.15) is 10.5 Å². The van der Waals surface area contributed by atoms with Crippen molar-refractivity contribution in [1.29, 1.82) is 10.5 Å². The highest BCUT2D eigenvalue weighted by Gasteiger charge is 2.14. The number of aromatic amines is 1. The Morgan fingerprint density at radius 1 is 0.842 bits per heavy atom. The van der Waals surface area contributed by atoms with Gasteiger partial charge in [-0.05, 0) is 11.6 Å². The Morgan fingerprint density at radius 2 is 1.63 bits per heavy atom. The van der Waals surface area contributed by atoms with Gasteiger partial charge in [-0.15, -0.1) is 0 Å². The first-order valence-corrected chi connectivity index (χ1v) is 5.85. The van der Waals surface area contributed by atoms with Gasteiger partial charge in [-0.3, -0.25) is 0 Å². The summed E-state index contributed by atoms with van der Waals surface area (Å²) in [4.78, 5) is 3.05. The highest BCUT2D eigenvalue weighted by atomic mass is 14.7. The number of benzene rings is 2. The minimum Gasteiger partial charge on any atom is -0.345 e. The van der Waals surface area contributed by atoms with Crippen molar-refractivity contribution in [3.05, 3.63) is 59.8 Å². The van der Waals surface area contributed by atoms with Crippen LogP contribution in [-0.2, 0) is 0 Å². The maximum Gasteiger partial charge on any atom is 0.126 e. The first-order valence-electron chi connectivity index (χ1n) is 5.85. The lowest BCUT2D eigenvalue weighted by atomic mass is 10.0. The summed E-state index contributed by atoms with van der Waals surface area (Å²) in [5.41, 5.74) is 3.59. The molecule has 3 aromatic rings. The van der Waals surface area contributed by atoms with E-state index in [0.29, 0.717) is 11.3 Å². The van der Waals surface area contributed by atoms with Crippen molar-refractivity contribution in [3.8, 4) is 23.3 Å². The van der Waals surface area contributed by atoms with Gasteiger partial charge in [0.05, 0.1) is 11.1 Å². The van der Waals surface area contributed by atoms with Crippen molar-refractivity contribution >= 4 is 10.9 Å². The van der Waals surface area contributed by atoms with Gasteiger partial charge < -0.3 is 4.98 Å². The zero-order chi connectivity index (χ0) is 13.2. The Hall–Kier alpha value is -3.04. The fourth-order valence-corrected chi connectivity index (χ4v) is 2.30. The summed E-state index contributed by atoms with van der Waals surface area (Å²) in [7, 11) is 0. The molecule has 0 amide bonds. The Balaban J connectivity index is 2.43. The highest BCUT2D eigenvalue weighted by molar-refractivity contribution is 6.00. The molecule has 0 aliphatic heterocycles. The lowest BCUT2D eigenvalue weighted by molar-refractivity contribution is 1.36. The molecule has 0 bridgehead atoms. The number of H-pyrrole nitrogens is 1. The topological polar surface area (TPSA) is 63.4 Å². The third-order valence-electron chi connectivity index (χ3n) is 3.13. The normalized spacial score (nSPS) is 10.0. The summed E-state index contributed by atoms with van der Waals surface area (Å²) < 4.78 is 0. The second-order valence-electron chi connectivity index (χ2n) is 4.19. The average molecular weight is 243 g/mol. The van der Waals surface area contributed by atoms with Crippen LogP contribution in [-0.4, -0.2) is 4.98 Å². The number of nitrogens with zero attached hydrogens (tertiary/aromatic N) is 2. The van der Waals surface area contributed by atoms with Gasteiger partial charge >= 0.3 is 0 Å². The maximum atomic E-state index is 9.28. The fraction of sp³-hybridized carbons (Fsp3) is 0. The van der Waals surface area contributed by atoms with Gasteiger partial charge in [0.25, 0.3) is 0 Å². The molecule has 0 radical (unpaired) electrons. The van der Waals surface area contributed by atoms with E-state index in [1.165, 1.54) is 0 Å². The Bertz CT molecular complexity index is 830. The number of nitrogens with one attached hydrogen (secondary N) is 1. The molecular weight excluding hydrogens is 234 g/mol. The zero-order valence-electron chi connectivity index (χ0n) is 10.0. The summed E-state index contributed by atoms with van der Waals surface area (Å²) in [6.45, 7) is 0. The van der Waals surface area contributed by atoms with E-state index in [1.54, 1.807) is 6.07 Å². The summed E-state index contributed by atoms with van der Waals surface area (Å²) in [5.74, 6) is 0. The first-order chi connectivity index (χ1) is 9.35. The van der Waals surface area contributed by atoms with Gasteiger partial charge in [0.2, 0.25) is 0 Å². The van der Waals surface area contributed by atoms with Crippen LogP contribution in [0, 0.1) is 22.7 Å². The molecule has 0 fully saturated rings. The van der Waals surface area contributed by atoms with Crippen LogP contribution in [0.25, 0.3) is 22.0 Å². The van der Waals surface area contributed by atoms with Crippen LogP contribution in [0.5, 0.6) is 0 Å². The average Bonchev–Trinajstić information content (AvgIpc) is 2.86. The second kappa shape index (κ2) is 4.33. The van der Waals surface area contributed by atoms with Gasteiger partial charge in [0, 0.05) is 10.9 Å². The highest BCUT2D eigenvalue weighted by Crippen LogP contribution is 2.33. The quantitative estimate of drug-likeness (QED) is 0.710. The van der Waals surface area contributed by atoms with Gasteiger partial charge in [-0.1, -0.05) is 42.5 Å². The molecule has 1 heterocycles. The maximum absolute atomic E-state index is 9.28. The van der Waals surface area contributed by atoms with E-state index in [-0.39, 0.29) is 0 Å².